The molecule has 1 fully saturated rings. The Morgan fingerprint density at radius 3 is 2.30 bits per heavy atom. The smallest absolute Gasteiger partial charge is 0.225 e. The van der Waals surface area contributed by atoms with E-state index < -0.39 is 0 Å². The Morgan fingerprint density at radius 2 is 1.67 bits per heavy atom. The molecule has 6 nitrogen and oxygen atoms in total. The van der Waals surface area contributed by atoms with E-state index in [1.165, 1.54) is 5.56 Å². The van der Waals surface area contributed by atoms with Crippen molar-refractivity contribution >= 4 is 17.5 Å². The predicted octanol–water partition coefficient (Wildman–Crippen LogP) is 2.81. The molecule has 0 bridgehead atoms. The number of carbonyl (C=O) groups excluding carboxylic acids is 1. The number of anilines is 2. The Bertz CT molecular complexity index is 746. The van der Waals surface area contributed by atoms with Crippen molar-refractivity contribution in [2.75, 3.05) is 43.4 Å². The molecule has 6 heteroatoms. The van der Waals surface area contributed by atoms with Gasteiger partial charge in [-0.2, -0.15) is 0 Å². The molecule has 0 spiro atoms. The molecule has 27 heavy (non-hydrogen) atoms. The molecule has 0 saturated carbocycles. The van der Waals surface area contributed by atoms with Gasteiger partial charge in [0.05, 0.1) is 17.1 Å². The third-order valence-corrected chi connectivity index (χ3v) is 5.02. The fraction of sp³-hybridized carbons (Fsp3) is 0.476. The zero-order chi connectivity index (χ0) is 19.2. The van der Waals surface area contributed by atoms with Gasteiger partial charge in [0.2, 0.25) is 11.9 Å². The monoisotopic (exact) mass is 367 g/mol. The Balaban J connectivity index is 1.57. The van der Waals surface area contributed by atoms with Gasteiger partial charge in [-0.1, -0.05) is 30.3 Å². The summed E-state index contributed by atoms with van der Waals surface area (Å²) in [5.41, 5.74) is 3.66. The molecule has 1 saturated heterocycles. The van der Waals surface area contributed by atoms with Crippen molar-refractivity contribution in [2.45, 2.75) is 33.1 Å². The minimum atomic E-state index is 0.0214. The standard InChI is InChI=1S/C21H29N5O/c1-16-20(24-19(27)11-7-10-18-8-5-4-6-9-18)17(2)23-21(22-16)26-14-12-25(3)13-15-26/h4-6,8-9H,7,10-15H2,1-3H3,(H,24,27). The van der Waals surface area contributed by atoms with Crippen LogP contribution in [0, 0.1) is 13.8 Å². The molecule has 1 aliphatic rings. The molecule has 0 aliphatic carbocycles. The van der Waals surface area contributed by atoms with Crippen molar-refractivity contribution in [2.24, 2.45) is 0 Å². The Hall–Kier alpha value is -2.47. The summed E-state index contributed by atoms with van der Waals surface area (Å²) in [5.74, 6) is 0.785. The van der Waals surface area contributed by atoms with Crippen molar-refractivity contribution in [1.82, 2.24) is 14.9 Å². The number of piperazine rings is 1. The highest BCUT2D eigenvalue weighted by atomic mass is 16.1. The van der Waals surface area contributed by atoms with Crippen molar-refractivity contribution in [3.8, 4) is 0 Å². The second-order valence-corrected chi connectivity index (χ2v) is 7.25. The van der Waals surface area contributed by atoms with E-state index in [1.54, 1.807) is 0 Å². The maximum atomic E-state index is 12.3. The van der Waals surface area contributed by atoms with Crippen LogP contribution >= 0.6 is 0 Å². The number of aryl methyl sites for hydroxylation is 3. The number of hydrogen-bond acceptors (Lipinski definition) is 5. The van der Waals surface area contributed by atoms with E-state index in [1.807, 2.05) is 32.0 Å². The lowest BCUT2D eigenvalue weighted by molar-refractivity contribution is -0.116. The summed E-state index contributed by atoms with van der Waals surface area (Å²) in [7, 11) is 2.13. The SMILES string of the molecule is Cc1nc(N2CCN(C)CC2)nc(C)c1NC(=O)CCCc1ccccc1. The molecule has 2 aromatic rings. The molecular formula is C21H29N5O. The van der Waals surface area contributed by atoms with Gasteiger partial charge < -0.3 is 15.1 Å². The van der Waals surface area contributed by atoms with E-state index in [-0.39, 0.29) is 5.91 Å². The number of amides is 1. The average Bonchev–Trinajstić information content (AvgIpc) is 2.66. The number of nitrogens with one attached hydrogen (secondary N) is 1. The molecule has 1 aromatic carbocycles. The Morgan fingerprint density at radius 1 is 1.04 bits per heavy atom. The lowest BCUT2D eigenvalue weighted by Gasteiger charge is -2.32. The zero-order valence-electron chi connectivity index (χ0n) is 16.5. The van der Waals surface area contributed by atoms with Crippen LogP contribution in [0.2, 0.25) is 0 Å². The van der Waals surface area contributed by atoms with Crippen LogP contribution in [0.5, 0.6) is 0 Å². The van der Waals surface area contributed by atoms with Crippen LogP contribution in [0.25, 0.3) is 0 Å². The van der Waals surface area contributed by atoms with Crippen molar-refractivity contribution in [3.63, 3.8) is 0 Å². The van der Waals surface area contributed by atoms with Gasteiger partial charge in [0, 0.05) is 32.6 Å². The molecule has 144 valence electrons. The van der Waals surface area contributed by atoms with Gasteiger partial charge in [-0.15, -0.1) is 0 Å². The highest BCUT2D eigenvalue weighted by molar-refractivity contribution is 5.91. The maximum Gasteiger partial charge on any atom is 0.225 e. The molecule has 0 atom stereocenters. The highest BCUT2D eigenvalue weighted by Crippen LogP contribution is 2.21. The van der Waals surface area contributed by atoms with E-state index in [4.69, 9.17) is 0 Å². The first-order valence-electron chi connectivity index (χ1n) is 9.65. The molecule has 1 amide bonds. The van der Waals surface area contributed by atoms with Crippen LogP contribution in [0.15, 0.2) is 30.3 Å². The van der Waals surface area contributed by atoms with Crippen LogP contribution in [-0.2, 0) is 11.2 Å². The topological polar surface area (TPSA) is 61.4 Å². The molecule has 1 N–H and O–H groups in total. The lowest BCUT2D eigenvalue weighted by Crippen LogP contribution is -2.45. The van der Waals surface area contributed by atoms with Crippen molar-refractivity contribution in [1.29, 1.82) is 0 Å². The molecule has 3 rings (SSSR count). The minimum absolute atomic E-state index is 0.0214. The van der Waals surface area contributed by atoms with Gasteiger partial charge in [-0.3, -0.25) is 4.79 Å². The first-order valence-corrected chi connectivity index (χ1v) is 9.65. The lowest BCUT2D eigenvalue weighted by atomic mass is 10.1. The Labute approximate surface area is 161 Å². The second kappa shape index (κ2) is 8.95. The van der Waals surface area contributed by atoms with Crippen LogP contribution in [0.4, 0.5) is 11.6 Å². The van der Waals surface area contributed by atoms with Gasteiger partial charge >= 0.3 is 0 Å². The summed E-state index contributed by atoms with van der Waals surface area (Å²) < 4.78 is 0. The average molecular weight is 367 g/mol. The zero-order valence-corrected chi connectivity index (χ0v) is 16.5. The summed E-state index contributed by atoms with van der Waals surface area (Å²) in [6.45, 7) is 7.77. The normalized spacial score (nSPS) is 15.0. The van der Waals surface area contributed by atoms with E-state index in [2.05, 4.69) is 44.3 Å². The van der Waals surface area contributed by atoms with E-state index in [0.29, 0.717) is 6.42 Å². The number of hydrogen-bond donors (Lipinski definition) is 1. The number of nitrogens with zero attached hydrogens (tertiary/aromatic N) is 4. The van der Waals surface area contributed by atoms with E-state index in [0.717, 1.165) is 62.0 Å². The van der Waals surface area contributed by atoms with Gasteiger partial charge in [0.15, 0.2) is 0 Å². The quantitative estimate of drug-likeness (QED) is 0.851. The molecule has 0 radical (unpaired) electrons. The summed E-state index contributed by atoms with van der Waals surface area (Å²) in [4.78, 5) is 26.2. The molecule has 1 aromatic heterocycles. The molecule has 2 heterocycles. The predicted molar refractivity (Wildman–Crippen MR) is 109 cm³/mol. The van der Waals surface area contributed by atoms with E-state index >= 15 is 0 Å². The van der Waals surface area contributed by atoms with Crippen molar-refractivity contribution in [3.05, 3.63) is 47.3 Å². The largest absolute Gasteiger partial charge is 0.338 e. The van der Waals surface area contributed by atoms with Crippen molar-refractivity contribution < 1.29 is 4.79 Å². The number of benzene rings is 1. The first kappa shape index (κ1) is 19.3. The summed E-state index contributed by atoms with van der Waals surface area (Å²) in [6.07, 6.45) is 2.23. The number of aromatic nitrogens is 2. The Kier molecular flexibility index (Phi) is 6.40. The van der Waals surface area contributed by atoms with Crippen LogP contribution < -0.4 is 10.2 Å². The minimum Gasteiger partial charge on any atom is -0.338 e. The van der Waals surface area contributed by atoms with Crippen LogP contribution in [0.1, 0.15) is 29.8 Å². The maximum absolute atomic E-state index is 12.3. The second-order valence-electron chi connectivity index (χ2n) is 7.25. The molecule has 0 unspecified atom stereocenters. The summed E-state index contributed by atoms with van der Waals surface area (Å²) >= 11 is 0. The third-order valence-electron chi connectivity index (χ3n) is 5.02. The number of rotatable bonds is 6. The molecular weight excluding hydrogens is 338 g/mol. The number of carbonyl (C=O) groups is 1. The van der Waals surface area contributed by atoms with Crippen LogP contribution in [-0.4, -0.2) is 54.0 Å². The van der Waals surface area contributed by atoms with E-state index in [9.17, 15) is 4.79 Å². The van der Waals surface area contributed by atoms with Gasteiger partial charge in [0.1, 0.15) is 0 Å². The van der Waals surface area contributed by atoms with Gasteiger partial charge in [-0.05, 0) is 39.3 Å². The fourth-order valence-corrected chi connectivity index (χ4v) is 3.33. The van der Waals surface area contributed by atoms with Crippen LogP contribution in [0.3, 0.4) is 0 Å². The van der Waals surface area contributed by atoms with Gasteiger partial charge in [-0.25, -0.2) is 9.97 Å². The number of likely N-dealkylation sites (N-methyl/N-ethyl adjacent to an activating group) is 1. The summed E-state index contributed by atoms with van der Waals surface area (Å²) in [5, 5.41) is 3.01. The molecule has 1 aliphatic heterocycles. The van der Waals surface area contributed by atoms with Gasteiger partial charge in [0.25, 0.3) is 0 Å². The first-order chi connectivity index (χ1) is 13.0. The highest BCUT2D eigenvalue weighted by Gasteiger charge is 2.19. The fourth-order valence-electron chi connectivity index (χ4n) is 3.33. The third kappa shape index (κ3) is 5.26. The summed E-state index contributed by atoms with van der Waals surface area (Å²) in [6, 6.07) is 10.3.